The molecular formula is C22H36N2O5. The van der Waals surface area contributed by atoms with E-state index in [1.165, 1.54) is 10.0 Å². The van der Waals surface area contributed by atoms with Gasteiger partial charge >= 0.3 is 12.2 Å². The van der Waals surface area contributed by atoms with Gasteiger partial charge in [-0.15, -0.1) is 0 Å². The minimum absolute atomic E-state index is 0.138. The normalized spacial score (nSPS) is 29.3. The van der Waals surface area contributed by atoms with E-state index < -0.39 is 39.9 Å². The predicted molar refractivity (Wildman–Crippen MR) is 110 cm³/mol. The van der Waals surface area contributed by atoms with Crippen molar-refractivity contribution < 1.29 is 23.9 Å². The lowest BCUT2D eigenvalue weighted by Crippen LogP contribution is -2.84. The molecule has 2 bridgehead atoms. The zero-order valence-corrected chi connectivity index (χ0v) is 19.9. The highest BCUT2D eigenvalue weighted by Crippen LogP contribution is 2.58. The smallest absolute Gasteiger partial charge is 0.430 e. The van der Waals surface area contributed by atoms with E-state index in [0.717, 1.165) is 11.1 Å². The SMILES string of the molecule is CC1=C(C)[C@@]2(C)N(C(=O)OC(C)(C)C)N(C(=O)OC(C)(C)C)[C@@]1(C)C(=O)C2(C)C. The molecule has 3 aliphatic rings. The molecule has 2 atom stereocenters. The van der Waals surface area contributed by atoms with Crippen LogP contribution in [0.3, 0.4) is 0 Å². The number of ether oxygens (including phenoxy) is 2. The van der Waals surface area contributed by atoms with Gasteiger partial charge in [0.15, 0.2) is 5.78 Å². The molecule has 7 heteroatoms. The second-order valence-electron chi connectivity index (χ2n) is 10.9. The number of Topliss-reactive ketones (excluding diaryl/α,β-unsaturated/α-hetero) is 1. The second kappa shape index (κ2) is 6.22. The molecule has 0 aromatic carbocycles. The molecule has 2 heterocycles. The van der Waals surface area contributed by atoms with Gasteiger partial charge in [0.1, 0.15) is 16.7 Å². The van der Waals surface area contributed by atoms with E-state index in [4.69, 9.17) is 9.47 Å². The van der Waals surface area contributed by atoms with Crippen molar-refractivity contribution >= 4 is 18.0 Å². The third-order valence-corrected chi connectivity index (χ3v) is 6.43. The highest BCUT2D eigenvalue weighted by molar-refractivity contribution is 6.04. The van der Waals surface area contributed by atoms with Gasteiger partial charge in [0.2, 0.25) is 0 Å². The van der Waals surface area contributed by atoms with Crippen molar-refractivity contribution in [3.63, 3.8) is 0 Å². The molecule has 0 spiro atoms. The first-order valence-corrected chi connectivity index (χ1v) is 10.0. The minimum atomic E-state index is -1.36. The average molecular weight is 409 g/mol. The van der Waals surface area contributed by atoms with Crippen LogP contribution in [0.25, 0.3) is 0 Å². The standard InChI is InChI=1S/C22H36N2O5/c1-13-14(2)22(12)20(9,10)15(25)21(13,11)23(16(26)28-18(3,4)5)24(22)17(27)29-19(6,7)8/h1-12H3/t21-,22-/m1/s1. The molecule has 164 valence electrons. The molecule has 0 N–H and O–H groups in total. The van der Waals surface area contributed by atoms with Gasteiger partial charge in [0.05, 0.1) is 11.0 Å². The molecule has 7 nitrogen and oxygen atoms in total. The lowest BCUT2D eigenvalue weighted by atomic mass is 9.53. The Hall–Kier alpha value is -2.05. The first-order chi connectivity index (χ1) is 12.7. The predicted octanol–water partition coefficient (Wildman–Crippen LogP) is 4.85. The summed E-state index contributed by atoms with van der Waals surface area (Å²) >= 11 is 0. The fourth-order valence-corrected chi connectivity index (χ4v) is 4.42. The second-order valence-corrected chi connectivity index (χ2v) is 10.9. The molecule has 2 amide bonds. The first-order valence-electron chi connectivity index (χ1n) is 10.0. The number of fused-ring (bicyclic) bond motifs is 2. The molecular weight excluding hydrogens is 372 g/mol. The maximum absolute atomic E-state index is 13.7. The van der Waals surface area contributed by atoms with Crippen molar-refractivity contribution in [2.75, 3.05) is 0 Å². The van der Waals surface area contributed by atoms with Crippen molar-refractivity contribution in [3.05, 3.63) is 11.1 Å². The Morgan fingerprint density at radius 2 is 1.14 bits per heavy atom. The molecule has 1 saturated heterocycles. The van der Waals surface area contributed by atoms with Crippen LogP contribution in [-0.4, -0.2) is 50.3 Å². The lowest BCUT2D eigenvalue weighted by Gasteiger charge is -2.67. The van der Waals surface area contributed by atoms with Gasteiger partial charge in [0.25, 0.3) is 0 Å². The summed E-state index contributed by atoms with van der Waals surface area (Å²) in [5.74, 6) is -0.138. The van der Waals surface area contributed by atoms with Crippen molar-refractivity contribution in [3.8, 4) is 0 Å². The van der Waals surface area contributed by atoms with Crippen LogP contribution in [0.2, 0.25) is 0 Å². The zero-order valence-electron chi connectivity index (χ0n) is 19.9. The summed E-state index contributed by atoms with van der Waals surface area (Å²) in [4.78, 5) is 40.4. The van der Waals surface area contributed by atoms with Gasteiger partial charge in [0, 0.05) is 0 Å². The number of carbonyl (C=O) groups is 3. The molecule has 2 aliphatic heterocycles. The Morgan fingerprint density at radius 3 is 1.52 bits per heavy atom. The van der Waals surface area contributed by atoms with Gasteiger partial charge < -0.3 is 9.47 Å². The first kappa shape index (κ1) is 23.2. The Kier molecular flexibility index (Phi) is 4.98. The summed E-state index contributed by atoms with van der Waals surface area (Å²) in [5.41, 5.74) is -3.34. The maximum Gasteiger partial charge on any atom is 0.430 e. The molecule has 0 saturated carbocycles. The summed E-state index contributed by atoms with van der Waals surface area (Å²) < 4.78 is 11.3. The summed E-state index contributed by atoms with van der Waals surface area (Å²) in [6.07, 6.45) is -1.45. The van der Waals surface area contributed by atoms with Crippen LogP contribution < -0.4 is 0 Å². The molecule has 0 aromatic rings. The van der Waals surface area contributed by atoms with Crippen LogP contribution in [0.5, 0.6) is 0 Å². The van der Waals surface area contributed by atoms with E-state index in [1.807, 2.05) is 34.6 Å². The number of carbonyl (C=O) groups excluding carboxylic acids is 3. The quantitative estimate of drug-likeness (QED) is 0.536. The summed E-state index contributed by atoms with van der Waals surface area (Å²) in [6.45, 7) is 21.4. The van der Waals surface area contributed by atoms with Crippen molar-refractivity contribution in [1.29, 1.82) is 0 Å². The number of hydrogen-bond acceptors (Lipinski definition) is 5. The van der Waals surface area contributed by atoms with E-state index in [2.05, 4.69) is 0 Å². The largest absolute Gasteiger partial charge is 0.442 e. The van der Waals surface area contributed by atoms with E-state index in [0.29, 0.717) is 0 Å². The highest BCUT2D eigenvalue weighted by Gasteiger charge is 2.73. The Balaban J connectivity index is 2.81. The Labute approximate surface area is 174 Å². The van der Waals surface area contributed by atoms with E-state index in [1.54, 1.807) is 48.5 Å². The number of nitrogens with zero attached hydrogens (tertiary/aromatic N) is 2. The Bertz CT molecular complexity index is 799. The third-order valence-electron chi connectivity index (χ3n) is 6.43. The van der Waals surface area contributed by atoms with Crippen molar-refractivity contribution in [2.24, 2.45) is 5.41 Å². The number of hydrazine groups is 1. The number of ketones is 1. The molecule has 3 rings (SSSR count). The van der Waals surface area contributed by atoms with Gasteiger partial charge in [-0.05, 0) is 80.4 Å². The van der Waals surface area contributed by atoms with Crippen LogP contribution in [-0.2, 0) is 14.3 Å². The van der Waals surface area contributed by atoms with E-state index in [9.17, 15) is 14.4 Å². The molecule has 0 radical (unpaired) electrons. The van der Waals surface area contributed by atoms with Crippen LogP contribution in [0.1, 0.15) is 83.1 Å². The topological polar surface area (TPSA) is 76.2 Å². The molecule has 29 heavy (non-hydrogen) atoms. The summed E-state index contributed by atoms with van der Waals surface area (Å²) in [7, 11) is 0. The van der Waals surface area contributed by atoms with Gasteiger partial charge in [-0.3, -0.25) is 4.79 Å². The van der Waals surface area contributed by atoms with Crippen LogP contribution in [0.4, 0.5) is 9.59 Å². The van der Waals surface area contributed by atoms with Crippen molar-refractivity contribution in [2.45, 2.75) is 105 Å². The van der Waals surface area contributed by atoms with Crippen LogP contribution >= 0.6 is 0 Å². The fraction of sp³-hybridized carbons (Fsp3) is 0.773. The maximum atomic E-state index is 13.7. The lowest BCUT2D eigenvalue weighted by molar-refractivity contribution is -0.204. The molecule has 0 aromatic heterocycles. The fourth-order valence-electron chi connectivity index (χ4n) is 4.42. The van der Waals surface area contributed by atoms with E-state index >= 15 is 0 Å². The minimum Gasteiger partial charge on any atom is -0.442 e. The van der Waals surface area contributed by atoms with Crippen LogP contribution in [0, 0.1) is 5.41 Å². The third kappa shape index (κ3) is 3.13. The summed E-state index contributed by atoms with van der Waals surface area (Å²) in [6, 6.07) is 0. The molecule has 0 unspecified atom stereocenters. The average Bonchev–Trinajstić information content (AvgIpc) is 2.50. The van der Waals surface area contributed by atoms with E-state index in [-0.39, 0.29) is 5.78 Å². The summed E-state index contributed by atoms with van der Waals surface area (Å²) in [5, 5.41) is 2.47. The van der Waals surface area contributed by atoms with Crippen LogP contribution in [0.15, 0.2) is 11.1 Å². The van der Waals surface area contributed by atoms with Gasteiger partial charge in [-0.25, -0.2) is 14.6 Å². The highest BCUT2D eigenvalue weighted by atomic mass is 16.6. The van der Waals surface area contributed by atoms with Crippen molar-refractivity contribution in [1.82, 2.24) is 10.0 Å². The van der Waals surface area contributed by atoms with Gasteiger partial charge in [-0.2, -0.15) is 5.01 Å². The Morgan fingerprint density at radius 1 is 0.759 bits per heavy atom. The van der Waals surface area contributed by atoms with Gasteiger partial charge in [-0.1, -0.05) is 13.8 Å². The molecule has 1 aliphatic carbocycles. The molecule has 1 fully saturated rings. The zero-order chi connectivity index (χ0) is 23.0. The number of hydrogen-bond donors (Lipinski definition) is 0. The monoisotopic (exact) mass is 408 g/mol. The number of rotatable bonds is 0. The number of amides is 2.